The largest absolute Gasteiger partial charge is 0.378 e. The summed E-state index contributed by atoms with van der Waals surface area (Å²) in [5.41, 5.74) is 3.41. The summed E-state index contributed by atoms with van der Waals surface area (Å²) in [4.78, 5) is 18.8. The number of thiazole rings is 1. The average molecular weight is 409 g/mol. The molecule has 2 heterocycles. The predicted molar refractivity (Wildman–Crippen MR) is 115 cm³/mol. The van der Waals surface area contributed by atoms with Crippen molar-refractivity contribution in [3.8, 4) is 11.3 Å². The van der Waals surface area contributed by atoms with Crippen LogP contribution in [0.25, 0.3) is 17.3 Å². The number of ether oxygens (including phenoxy) is 1. The minimum Gasteiger partial charge on any atom is -0.378 e. The van der Waals surface area contributed by atoms with Gasteiger partial charge >= 0.3 is 0 Å². The highest BCUT2D eigenvalue weighted by Crippen LogP contribution is 2.25. The van der Waals surface area contributed by atoms with Crippen molar-refractivity contribution < 1.29 is 13.9 Å². The number of benzene rings is 2. The van der Waals surface area contributed by atoms with E-state index in [-0.39, 0.29) is 11.7 Å². The Bertz CT molecular complexity index is 1010. The van der Waals surface area contributed by atoms with Gasteiger partial charge in [0.2, 0.25) is 5.91 Å². The molecule has 5 nitrogen and oxygen atoms in total. The number of halogens is 1. The monoisotopic (exact) mass is 409 g/mol. The van der Waals surface area contributed by atoms with E-state index in [0.29, 0.717) is 16.4 Å². The molecule has 0 spiro atoms. The number of aromatic nitrogens is 1. The Hall–Kier alpha value is -3.03. The first-order valence-corrected chi connectivity index (χ1v) is 10.2. The van der Waals surface area contributed by atoms with Crippen molar-refractivity contribution in [1.82, 2.24) is 4.98 Å². The molecule has 1 fully saturated rings. The van der Waals surface area contributed by atoms with Gasteiger partial charge in [-0.2, -0.15) is 0 Å². The molecule has 3 aromatic rings. The van der Waals surface area contributed by atoms with Gasteiger partial charge < -0.3 is 9.64 Å². The zero-order valence-corrected chi connectivity index (χ0v) is 16.5. The summed E-state index contributed by atoms with van der Waals surface area (Å²) in [5.74, 6) is -0.578. The van der Waals surface area contributed by atoms with Gasteiger partial charge in [0.05, 0.1) is 18.9 Å². The number of nitrogens with zero attached hydrogens (tertiary/aromatic N) is 2. The van der Waals surface area contributed by atoms with Gasteiger partial charge in [0.25, 0.3) is 0 Å². The number of morpholine rings is 1. The van der Waals surface area contributed by atoms with Gasteiger partial charge in [-0.15, -0.1) is 11.3 Å². The lowest BCUT2D eigenvalue weighted by Gasteiger charge is -2.28. The molecular formula is C22H20FN3O2S. The third kappa shape index (κ3) is 5.07. The van der Waals surface area contributed by atoms with E-state index < -0.39 is 0 Å². The standard InChI is InChI=1S/C22H20FN3O2S/c23-18-3-1-2-17(14-18)20-15-29-22(24-20)25-21(27)9-6-16-4-7-19(8-5-16)26-10-12-28-13-11-26/h1-9,14-15H,10-13H2,(H,24,25,27)/b9-6+. The molecule has 1 amide bonds. The molecule has 1 N–H and O–H groups in total. The Morgan fingerprint density at radius 2 is 1.97 bits per heavy atom. The van der Waals surface area contributed by atoms with Crippen LogP contribution in [-0.4, -0.2) is 37.2 Å². The summed E-state index contributed by atoms with van der Waals surface area (Å²) in [6, 6.07) is 14.3. The Balaban J connectivity index is 1.35. The smallest absolute Gasteiger partial charge is 0.250 e. The van der Waals surface area contributed by atoms with Gasteiger partial charge in [-0.25, -0.2) is 9.37 Å². The summed E-state index contributed by atoms with van der Waals surface area (Å²) in [7, 11) is 0. The molecule has 0 unspecified atom stereocenters. The van der Waals surface area contributed by atoms with Crippen molar-refractivity contribution in [3.05, 3.63) is 71.4 Å². The highest BCUT2D eigenvalue weighted by Gasteiger charge is 2.10. The fourth-order valence-electron chi connectivity index (χ4n) is 3.05. The van der Waals surface area contributed by atoms with Crippen molar-refractivity contribution in [2.75, 3.05) is 36.5 Å². The molecule has 4 rings (SSSR count). The summed E-state index contributed by atoms with van der Waals surface area (Å²) < 4.78 is 18.7. The van der Waals surface area contributed by atoms with Crippen LogP contribution in [0.2, 0.25) is 0 Å². The quantitative estimate of drug-likeness (QED) is 0.633. The summed E-state index contributed by atoms with van der Waals surface area (Å²) in [5, 5.41) is 5.01. The van der Waals surface area contributed by atoms with Crippen LogP contribution in [0, 0.1) is 5.82 Å². The van der Waals surface area contributed by atoms with E-state index in [0.717, 1.165) is 37.6 Å². The van der Waals surface area contributed by atoms with E-state index in [1.54, 1.807) is 23.6 Å². The maximum Gasteiger partial charge on any atom is 0.250 e. The van der Waals surface area contributed by atoms with Crippen molar-refractivity contribution >= 4 is 34.1 Å². The second kappa shape index (κ2) is 8.98. The van der Waals surface area contributed by atoms with Crippen LogP contribution in [0.3, 0.4) is 0 Å². The second-order valence-electron chi connectivity index (χ2n) is 6.56. The van der Waals surface area contributed by atoms with Crippen LogP contribution in [0.4, 0.5) is 15.2 Å². The first-order chi connectivity index (χ1) is 14.2. The number of amides is 1. The highest BCUT2D eigenvalue weighted by molar-refractivity contribution is 7.14. The third-order valence-corrected chi connectivity index (χ3v) is 5.31. The van der Waals surface area contributed by atoms with E-state index in [9.17, 15) is 9.18 Å². The summed E-state index contributed by atoms with van der Waals surface area (Å²) in [6.45, 7) is 3.28. The first-order valence-electron chi connectivity index (χ1n) is 9.31. The normalized spacial score (nSPS) is 14.3. The molecular weight excluding hydrogens is 389 g/mol. The highest BCUT2D eigenvalue weighted by atomic mass is 32.1. The van der Waals surface area contributed by atoms with Crippen LogP contribution in [0.1, 0.15) is 5.56 Å². The zero-order valence-electron chi connectivity index (χ0n) is 15.7. The van der Waals surface area contributed by atoms with E-state index in [1.807, 2.05) is 12.1 Å². The van der Waals surface area contributed by atoms with E-state index in [4.69, 9.17) is 4.74 Å². The van der Waals surface area contributed by atoms with Crippen LogP contribution < -0.4 is 10.2 Å². The Kier molecular flexibility index (Phi) is 5.97. The van der Waals surface area contributed by atoms with Crippen LogP contribution in [-0.2, 0) is 9.53 Å². The number of carbonyl (C=O) groups is 1. The van der Waals surface area contributed by atoms with Crippen LogP contribution >= 0.6 is 11.3 Å². The van der Waals surface area contributed by atoms with Crippen LogP contribution in [0.15, 0.2) is 60.0 Å². The molecule has 1 aromatic heterocycles. The molecule has 7 heteroatoms. The van der Waals surface area contributed by atoms with E-state index in [2.05, 4.69) is 27.3 Å². The fraction of sp³-hybridized carbons (Fsp3) is 0.182. The molecule has 0 radical (unpaired) electrons. The van der Waals surface area contributed by atoms with Crippen molar-refractivity contribution in [2.45, 2.75) is 0 Å². The maximum absolute atomic E-state index is 13.4. The van der Waals surface area contributed by atoms with Crippen molar-refractivity contribution in [3.63, 3.8) is 0 Å². The van der Waals surface area contributed by atoms with Gasteiger partial charge in [-0.05, 0) is 35.9 Å². The lowest BCUT2D eigenvalue weighted by Crippen LogP contribution is -2.36. The number of hydrogen-bond donors (Lipinski definition) is 1. The van der Waals surface area contributed by atoms with Gasteiger partial charge in [-0.1, -0.05) is 24.3 Å². The molecule has 0 aliphatic carbocycles. The molecule has 29 heavy (non-hydrogen) atoms. The predicted octanol–water partition coefficient (Wildman–Crippen LogP) is 4.44. The molecule has 2 aromatic carbocycles. The minimum atomic E-state index is -0.316. The number of nitrogens with one attached hydrogen (secondary N) is 1. The number of hydrogen-bond acceptors (Lipinski definition) is 5. The van der Waals surface area contributed by atoms with Crippen molar-refractivity contribution in [2.24, 2.45) is 0 Å². The SMILES string of the molecule is O=C(/C=C/c1ccc(N2CCOCC2)cc1)Nc1nc(-c2cccc(F)c2)cs1. The molecule has 0 saturated carbocycles. The van der Waals surface area contributed by atoms with Gasteiger partial charge in [0.1, 0.15) is 5.82 Å². The fourth-order valence-corrected chi connectivity index (χ4v) is 3.77. The summed E-state index contributed by atoms with van der Waals surface area (Å²) in [6.07, 6.45) is 3.24. The summed E-state index contributed by atoms with van der Waals surface area (Å²) >= 11 is 1.30. The first kappa shape index (κ1) is 19.3. The minimum absolute atomic E-state index is 0.262. The topological polar surface area (TPSA) is 54.5 Å². The van der Waals surface area contributed by atoms with Crippen LogP contribution in [0.5, 0.6) is 0 Å². The number of carbonyl (C=O) groups excluding carboxylic acids is 1. The lowest BCUT2D eigenvalue weighted by molar-refractivity contribution is -0.111. The van der Waals surface area contributed by atoms with Crippen molar-refractivity contribution in [1.29, 1.82) is 0 Å². The molecule has 1 aliphatic heterocycles. The maximum atomic E-state index is 13.4. The molecule has 0 bridgehead atoms. The molecule has 148 valence electrons. The van der Waals surface area contributed by atoms with E-state index in [1.165, 1.54) is 29.5 Å². The molecule has 1 saturated heterocycles. The van der Waals surface area contributed by atoms with Gasteiger partial charge in [0, 0.05) is 35.8 Å². The number of rotatable bonds is 5. The van der Waals surface area contributed by atoms with Gasteiger partial charge in [0.15, 0.2) is 5.13 Å². The molecule has 1 aliphatic rings. The molecule has 0 atom stereocenters. The zero-order chi connectivity index (χ0) is 20.1. The van der Waals surface area contributed by atoms with Gasteiger partial charge in [-0.3, -0.25) is 10.1 Å². The Morgan fingerprint density at radius 1 is 1.17 bits per heavy atom. The second-order valence-corrected chi connectivity index (χ2v) is 7.42. The average Bonchev–Trinajstić information content (AvgIpc) is 3.22. The van der Waals surface area contributed by atoms with E-state index >= 15 is 0 Å². The lowest BCUT2D eigenvalue weighted by atomic mass is 10.1. The number of anilines is 2. The Labute approximate surface area is 172 Å². The third-order valence-electron chi connectivity index (χ3n) is 4.55. The Morgan fingerprint density at radius 3 is 2.72 bits per heavy atom.